The minimum Gasteiger partial charge on any atom is -0.480 e. The molecule has 6 amide bonds. The lowest BCUT2D eigenvalue weighted by atomic mass is 10.0. The first-order valence-electron chi connectivity index (χ1n) is 18.1. The van der Waals surface area contributed by atoms with Gasteiger partial charge in [-0.25, -0.2) is 4.79 Å². The molecular formula is C34H55N13O9. The van der Waals surface area contributed by atoms with E-state index in [0.29, 0.717) is 13.0 Å². The number of aliphatic carboxylic acids is 1. The van der Waals surface area contributed by atoms with Crippen LogP contribution in [0.5, 0.6) is 0 Å². The number of carboxylic acids is 1. The number of hydrogen-bond acceptors (Lipinski definition) is 11. The maximum absolute atomic E-state index is 13.8. The monoisotopic (exact) mass is 789 g/mol. The summed E-state index contributed by atoms with van der Waals surface area (Å²) < 4.78 is 0. The van der Waals surface area contributed by atoms with Crippen LogP contribution in [0.2, 0.25) is 0 Å². The molecule has 0 radical (unpaired) electrons. The molecule has 310 valence electrons. The summed E-state index contributed by atoms with van der Waals surface area (Å²) in [6.07, 6.45) is 0.947. The Morgan fingerprint density at radius 3 is 1.66 bits per heavy atom. The second-order valence-electron chi connectivity index (χ2n) is 13.1. The van der Waals surface area contributed by atoms with Crippen molar-refractivity contribution in [1.29, 1.82) is 0 Å². The molecule has 6 atom stereocenters. The molecule has 2 rings (SSSR count). The molecule has 1 aliphatic rings. The summed E-state index contributed by atoms with van der Waals surface area (Å²) in [6.45, 7) is -0.187. The molecule has 0 saturated carbocycles. The number of hydrogen-bond donors (Lipinski definition) is 13. The molecule has 0 spiro atoms. The molecule has 0 aliphatic carbocycles. The molecule has 1 fully saturated rings. The van der Waals surface area contributed by atoms with Crippen LogP contribution in [-0.4, -0.2) is 126 Å². The van der Waals surface area contributed by atoms with Gasteiger partial charge >= 0.3 is 5.97 Å². The highest BCUT2D eigenvalue weighted by Crippen LogP contribution is 2.10. The van der Waals surface area contributed by atoms with Crippen LogP contribution < -0.4 is 60.6 Å². The minimum absolute atomic E-state index is 0.0380. The number of rotatable bonds is 25. The zero-order valence-electron chi connectivity index (χ0n) is 31.1. The van der Waals surface area contributed by atoms with Gasteiger partial charge in [0.15, 0.2) is 11.9 Å². The standard InChI is InChI=1S/C34H55N13O9/c35-26(49)13-12-23(32(55)56)45-28(51)21(10-5-15-41-33(36)37)44-31(54)25(18-48)47-29(52)22(11-6-16-42-34(38)39)43-30(53)24(17-19-7-2-1-3-8-19)46-27(50)20-9-4-14-40-20/h1-3,7-8,20-25,40,48H,4-6,9-18H2,(H2,35,49)(H,43,53)(H,44,54)(H,45,51)(H,46,50)(H,47,52)(H,55,56)(H4,36,37,41)(H4,38,39,42). The Labute approximate surface area is 323 Å². The lowest BCUT2D eigenvalue weighted by molar-refractivity contribution is -0.142. The smallest absolute Gasteiger partial charge is 0.326 e. The summed E-state index contributed by atoms with van der Waals surface area (Å²) in [6, 6.07) is 1.38. The number of nitrogens with two attached hydrogens (primary N) is 5. The van der Waals surface area contributed by atoms with Crippen molar-refractivity contribution >= 4 is 53.3 Å². The van der Waals surface area contributed by atoms with Crippen molar-refractivity contribution in [2.45, 2.75) is 94.0 Å². The van der Waals surface area contributed by atoms with Gasteiger partial charge < -0.3 is 70.8 Å². The summed E-state index contributed by atoms with van der Waals surface area (Å²) in [7, 11) is 0. The molecule has 56 heavy (non-hydrogen) atoms. The van der Waals surface area contributed by atoms with Crippen LogP contribution in [0.1, 0.15) is 56.9 Å². The van der Waals surface area contributed by atoms with E-state index in [-0.39, 0.29) is 75.9 Å². The molecule has 18 N–H and O–H groups in total. The number of nitrogens with one attached hydrogen (secondary N) is 6. The topological polar surface area (TPSA) is 387 Å². The number of primary amides is 1. The highest BCUT2D eigenvalue weighted by molar-refractivity contribution is 5.96. The van der Waals surface area contributed by atoms with Crippen molar-refractivity contribution in [3.8, 4) is 0 Å². The molecule has 1 aromatic carbocycles. The van der Waals surface area contributed by atoms with Gasteiger partial charge in [0.25, 0.3) is 0 Å². The summed E-state index contributed by atoms with van der Waals surface area (Å²) in [4.78, 5) is 98.0. The van der Waals surface area contributed by atoms with E-state index in [2.05, 4.69) is 41.9 Å². The van der Waals surface area contributed by atoms with Gasteiger partial charge in [0.05, 0.1) is 12.6 Å². The first-order chi connectivity index (χ1) is 26.6. The van der Waals surface area contributed by atoms with Crippen LogP contribution in [0.15, 0.2) is 40.3 Å². The van der Waals surface area contributed by atoms with Crippen molar-refractivity contribution in [1.82, 2.24) is 31.9 Å². The second-order valence-corrected chi connectivity index (χ2v) is 13.1. The highest BCUT2D eigenvalue weighted by atomic mass is 16.4. The lowest BCUT2D eigenvalue weighted by Crippen LogP contribution is -2.60. The van der Waals surface area contributed by atoms with E-state index in [1.54, 1.807) is 30.3 Å². The van der Waals surface area contributed by atoms with E-state index in [1.165, 1.54) is 0 Å². The number of aliphatic imine (C=N–C) groups is 2. The zero-order valence-corrected chi connectivity index (χ0v) is 31.1. The third kappa shape index (κ3) is 17.4. The number of benzene rings is 1. The first kappa shape index (κ1) is 46.1. The number of nitrogens with zero attached hydrogens (tertiary/aromatic N) is 2. The normalized spacial score (nSPS) is 16.1. The van der Waals surface area contributed by atoms with Gasteiger partial charge in [-0.3, -0.25) is 38.8 Å². The SMILES string of the molecule is NC(=O)CCC(NC(=O)C(CCCN=C(N)N)NC(=O)C(CO)NC(=O)C(CCCN=C(N)N)NC(=O)C(Cc1ccccc1)NC(=O)C1CCCN1)C(=O)O. The molecule has 0 bridgehead atoms. The number of guanidine groups is 2. The average molecular weight is 790 g/mol. The largest absolute Gasteiger partial charge is 0.480 e. The Morgan fingerprint density at radius 2 is 1.20 bits per heavy atom. The second kappa shape index (κ2) is 24.4. The van der Waals surface area contributed by atoms with Crippen LogP contribution in [0.4, 0.5) is 0 Å². The van der Waals surface area contributed by atoms with Gasteiger partial charge in [0.1, 0.15) is 30.2 Å². The van der Waals surface area contributed by atoms with Gasteiger partial charge in [-0.15, -0.1) is 0 Å². The molecule has 0 aromatic heterocycles. The Morgan fingerprint density at radius 1 is 0.696 bits per heavy atom. The third-order valence-electron chi connectivity index (χ3n) is 8.56. The Kier molecular flexibility index (Phi) is 20.1. The zero-order chi connectivity index (χ0) is 41.6. The fourth-order valence-electron chi connectivity index (χ4n) is 5.61. The minimum atomic E-state index is -1.66. The van der Waals surface area contributed by atoms with Crippen LogP contribution >= 0.6 is 0 Å². The molecule has 22 heteroatoms. The number of carbonyl (C=O) groups is 7. The van der Waals surface area contributed by atoms with E-state index < -0.39 is 78.4 Å². The van der Waals surface area contributed by atoms with Crippen molar-refractivity contribution in [2.75, 3.05) is 26.2 Å². The van der Waals surface area contributed by atoms with Crippen molar-refractivity contribution in [2.24, 2.45) is 38.7 Å². The molecule has 1 aromatic rings. The maximum Gasteiger partial charge on any atom is 0.326 e. The molecule has 1 saturated heterocycles. The van der Waals surface area contributed by atoms with Crippen molar-refractivity contribution in [3.05, 3.63) is 35.9 Å². The quantitative estimate of drug-likeness (QED) is 0.0250. The molecule has 1 heterocycles. The first-order valence-corrected chi connectivity index (χ1v) is 18.1. The number of carbonyl (C=O) groups excluding carboxylic acids is 6. The van der Waals surface area contributed by atoms with Crippen molar-refractivity contribution < 1.29 is 43.8 Å². The van der Waals surface area contributed by atoms with Crippen LogP contribution in [-0.2, 0) is 40.0 Å². The number of aliphatic hydroxyl groups is 1. The number of aliphatic hydroxyl groups excluding tert-OH is 1. The molecule has 22 nitrogen and oxygen atoms in total. The summed E-state index contributed by atoms with van der Waals surface area (Å²) in [5, 5.41) is 35.3. The molecule has 1 aliphatic heterocycles. The number of amides is 6. The highest BCUT2D eigenvalue weighted by Gasteiger charge is 2.33. The van der Waals surface area contributed by atoms with E-state index in [4.69, 9.17) is 28.7 Å². The predicted octanol–water partition coefficient (Wildman–Crippen LogP) is -5.15. The lowest BCUT2D eigenvalue weighted by Gasteiger charge is -2.26. The van der Waals surface area contributed by atoms with Gasteiger partial charge in [0, 0.05) is 25.9 Å². The average Bonchev–Trinajstić information content (AvgIpc) is 3.70. The van der Waals surface area contributed by atoms with Gasteiger partial charge in [-0.2, -0.15) is 0 Å². The summed E-state index contributed by atoms with van der Waals surface area (Å²) in [5.74, 6) is -6.64. The van der Waals surface area contributed by atoms with Crippen LogP contribution in [0.3, 0.4) is 0 Å². The molecule has 6 unspecified atom stereocenters. The summed E-state index contributed by atoms with van der Waals surface area (Å²) >= 11 is 0. The Hall–Kier alpha value is -6.03. The predicted molar refractivity (Wildman–Crippen MR) is 204 cm³/mol. The summed E-state index contributed by atoms with van der Waals surface area (Å²) in [5.41, 5.74) is 27.4. The Balaban J connectivity index is 2.29. The van der Waals surface area contributed by atoms with Gasteiger partial charge in [-0.1, -0.05) is 30.3 Å². The maximum atomic E-state index is 13.8. The van der Waals surface area contributed by atoms with E-state index in [9.17, 15) is 43.8 Å². The van der Waals surface area contributed by atoms with Gasteiger partial charge in [0.2, 0.25) is 35.4 Å². The van der Waals surface area contributed by atoms with E-state index in [0.717, 1.165) is 12.0 Å². The fourth-order valence-corrected chi connectivity index (χ4v) is 5.61. The van der Waals surface area contributed by atoms with E-state index in [1.807, 2.05) is 0 Å². The van der Waals surface area contributed by atoms with E-state index >= 15 is 0 Å². The van der Waals surface area contributed by atoms with Crippen LogP contribution in [0, 0.1) is 0 Å². The molecular weight excluding hydrogens is 734 g/mol. The van der Waals surface area contributed by atoms with Crippen molar-refractivity contribution in [3.63, 3.8) is 0 Å². The van der Waals surface area contributed by atoms with Gasteiger partial charge in [-0.05, 0) is 57.1 Å². The van der Waals surface area contributed by atoms with Crippen LogP contribution in [0.25, 0.3) is 0 Å². The Bertz CT molecular complexity index is 1550. The third-order valence-corrected chi connectivity index (χ3v) is 8.56. The fraction of sp³-hybridized carbons (Fsp3) is 0.559. The number of carboxylic acid groups (broad SMARTS) is 1.